The van der Waals surface area contributed by atoms with Gasteiger partial charge in [0.2, 0.25) is 0 Å². The standard InChI is InChI=1S/C22H17NO2S/c1-14-8-10-15(11-9-14)19-13-18-22(26-19)17(12-20(24)23(18)2)21(25)16-6-4-3-5-7-16/h3-13H,1-2H3. The number of aryl methyl sites for hydroxylation is 2. The highest BCUT2D eigenvalue weighted by atomic mass is 32.1. The highest BCUT2D eigenvalue weighted by molar-refractivity contribution is 7.22. The second-order valence-electron chi connectivity index (χ2n) is 6.34. The number of ketones is 1. The molecular formula is C22H17NO2S. The zero-order valence-electron chi connectivity index (χ0n) is 14.5. The highest BCUT2D eigenvalue weighted by Crippen LogP contribution is 2.35. The fourth-order valence-corrected chi connectivity index (χ4v) is 4.21. The number of hydrogen-bond donors (Lipinski definition) is 0. The molecule has 3 nitrogen and oxygen atoms in total. The van der Waals surface area contributed by atoms with E-state index in [2.05, 4.69) is 31.2 Å². The molecular weight excluding hydrogens is 342 g/mol. The van der Waals surface area contributed by atoms with Gasteiger partial charge in [-0.05, 0) is 18.6 Å². The third-order valence-corrected chi connectivity index (χ3v) is 5.74. The molecule has 0 spiro atoms. The van der Waals surface area contributed by atoms with E-state index in [0.717, 1.165) is 20.7 Å². The van der Waals surface area contributed by atoms with Gasteiger partial charge in [0.25, 0.3) is 5.56 Å². The summed E-state index contributed by atoms with van der Waals surface area (Å²) in [5.74, 6) is -0.120. The first-order valence-corrected chi connectivity index (χ1v) is 9.16. The highest BCUT2D eigenvalue weighted by Gasteiger charge is 2.18. The van der Waals surface area contributed by atoms with Crippen molar-refractivity contribution in [3.8, 4) is 10.4 Å². The van der Waals surface area contributed by atoms with E-state index in [-0.39, 0.29) is 11.3 Å². The smallest absolute Gasteiger partial charge is 0.251 e. The maximum Gasteiger partial charge on any atom is 0.251 e. The molecule has 2 heterocycles. The Morgan fingerprint density at radius 3 is 2.35 bits per heavy atom. The minimum absolute atomic E-state index is 0.120. The molecule has 2 aromatic heterocycles. The van der Waals surface area contributed by atoms with Gasteiger partial charge in [0.15, 0.2) is 5.78 Å². The summed E-state index contributed by atoms with van der Waals surface area (Å²) < 4.78 is 2.45. The van der Waals surface area contributed by atoms with Gasteiger partial charge in [0.05, 0.1) is 10.2 Å². The summed E-state index contributed by atoms with van der Waals surface area (Å²) in [4.78, 5) is 26.4. The van der Waals surface area contributed by atoms with E-state index < -0.39 is 0 Å². The van der Waals surface area contributed by atoms with Crippen molar-refractivity contribution in [1.29, 1.82) is 0 Å². The van der Waals surface area contributed by atoms with Crippen molar-refractivity contribution in [2.75, 3.05) is 0 Å². The van der Waals surface area contributed by atoms with Crippen LogP contribution >= 0.6 is 11.3 Å². The van der Waals surface area contributed by atoms with Gasteiger partial charge in [0.1, 0.15) is 0 Å². The average Bonchev–Trinajstić information content (AvgIpc) is 3.11. The number of thiophene rings is 1. The van der Waals surface area contributed by atoms with Crippen molar-refractivity contribution in [1.82, 2.24) is 4.57 Å². The Morgan fingerprint density at radius 2 is 1.65 bits per heavy atom. The van der Waals surface area contributed by atoms with Crippen LogP contribution in [0.1, 0.15) is 21.5 Å². The molecule has 128 valence electrons. The Kier molecular flexibility index (Phi) is 4.05. The zero-order valence-corrected chi connectivity index (χ0v) is 15.3. The van der Waals surface area contributed by atoms with Crippen molar-refractivity contribution < 1.29 is 4.79 Å². The van der Waals surface area contributed by atoms with Crippen molar-refractivity contribution in [3.63, 3.8) is 0 Å². The van der Waals surface area contributed by atoms with Crippen LogP contribution in [-0.4, -0.2) is 10.4 Å². The van der Waals surface area contributed by atoms with Gasteiger partial charge in [-0.2, -0.15) is 0 Å². The topological polar surface area (TPSA) is 39.1 Å². The second kappa shape index (κ2) is 6.39. The summed E-state index contributed by atoms with van der Waals surface area (Å²) in [6.45, 7) is 2.05. The van der Waals surface area contributed by atoms with Crippen LogP contribution in [-0.2, 0) is 7.05 Å². The first kappa shape index (κ1) is 16.5. The lowest BCUT2D eigenvalue weighted by Gasteiger charge is -2.05. The lowest BCUT2D eigenvalue weighted by Crippen LogP contribution is -2.18. The number of benzene rings is 2. The maximum atomic E-state index is 13.0. The Balaban J connectivity index is 1.94. The Hall–Kier alpha value is -2.98. The second-order valence-corrected chi connectivity index (χ2v) is 7.39. The van der Waals surface area contributed by atoms with Gasteiger partial charge in [-0.1, -0.05) is 60.2 Å². The van der Waals surface area contributed by atoms with Gasteiger partial charge in [-0.25, -0.2) is 0 Å². The molecule has 0 saturated heterocycles. The minimum Gasteiger partial charge on any atom is -0.310 e. The van der Waals surface area contributed by atoms with Crippen LogP contribution in [0, 0.1) is 6.92 Å². The van der Waals surface area contributed by atoms with Crippen molar-refractivity contribution in [2.45, 2.75) is 6.92 Å². The van der Waals surface area contributed by atoms with Gasteiger partial charge < -0.3 is 4.57 Å². The van der Waals surface area contributed by atoms with Gasteiger partial charge in [0, 0.05) is 29.1 Å². The van der Waals surface area contributed by atoms with E-state index in [1.807, 2.05) is 24.3 Å². The number of pyridine rings is 1. The molecule has 0 aliphatic carbocycles. The third-order valence-electron chi connectivity index (χ3n) is 4.53. The fourth-order valence-electron chi connectivity index (χ4n) is 3.00. The Bertz CT molecular complexity index is 1170. The predicted molar refractivity (Wildman–Crippen MR) is 107 cm³/mol. The molecule has 4 aromatic rings. The van der Waals surface area contributed by atoms with Crippen LogP contribution in [0.2, 0.25) is 0 Å². The molecule has 4 rings (SSSR count). The first-order chi connectivity index (χ1) is 12.5. The van der Waals surface area contributed by atoms with E-state index >= 15 is 0 Å². The SMILES string of the molecule is Cc1ccc(-c2cc3c(s2)c(C(=O)c2ccccc2)cc(=O)n3C)cc1. The van der Waals surface area contributed by atoms with E-state index in [1.165, 1.54) is 11.6 Å². The third kappa shape index (κ3) is 2.78. The monoisotopic (exact) mass is 359 g/mol. The molecule has 2 aromatic carbocycles. The molecule has 0 aliphatic heterocycles. The van der Waals surface area contributed by atoms with Crippen LogP contribution in [0.15, 0.2) is 71.5 Å². The summed E-state index contributed by atoms with van der Waals surface area (Å²) in [5.41, 5.74) is 3.96. The number of carbonyl (C=O) groups is 1. The maximum absolute atomic E-state index is 13.0. The van der Waals surface area contributed by atoms with E-state index in [1.54, 1.807) is 35.1 Å². The van der Waals surface area contributed by atoms with E-state index in [9.17, 15) is 9.59 Å². The van der Waals surface area contributed by atoms with Crippen molar-refractivity contribution in [2.24, 2.45) is 7.05 Å². The van der Waals surface area contributed by atoms with Crippen molar-refractivity contribution in [3.05, 3.63) is 93.8 Å². The Labute approximate surface area is 155 Å². The lowest BCUT2D eigenvalue weighted by molar-refractivity contribution is 0.104. The normalized spacial score (nSPS) is 11.0. The molecule has 0 aliphatic rings. The molecule has 26 heavy (non-hydrogen) atoms. The molecule has 0 atom stereocenters. The number of carbonyl (C=O) groups excluding carboxylic acids is 1. The summed E-state index contributed by atoms with van der Waals surface area (Å²) in [6, 6.07) is 20.8. The molecule has 0 radical (unpaired) electrons. The molecule has 0 bridgehead atoms. The minimum atomic E-state index is -0.176. The largest absolute Gasteiger partial charge is 0.310 e. The quantitative estimate of drug-likeness (QED) is 0.493. The van der Waals surface area contributed by atoms with Gasteiger partial charge in [-0.15, -0.1) is 11.3 Å². The molecule has 0 unspecified atom stereocenters. The van der Waals surface area contributed by atoms with Crippen LogP contribution in [0.4, 0.5) is 0 Å². The number of rotatable bonds is 3. The lowest BCUT2D eigenvalue weighted by atomic mass is 10.0. The van der Waals surface area contributed by atoms with Crippen LogP contribution < -0.4 is 5.56 Å². The van der Waals surface area contributed by atoms with E-state index in [0.29, 0.717) is 11.1 Å². The summed E-state index contributed by atoms with van der Waals surface area (Å²) >= 11 is 1.55. The number of nitrogens with zero attached hydrogens (tertiary/aromatic N) is 1. The molecule has 4 heteroatoms. The zero-order chi connectivity index (χ0) is 18.3. The average molecular weight is 359 g/mol. The molecule has 0 amide bonds. The summed E-state index contributed by atoms with van der Waals surface area (Å²) in [6.07, 6.45) is 0. The fraction of sp³-hybridized carbons (Fsp3) is 0.0909. The van der Waals surface area contributed by atoms with Gasteiger partial charge in [-0.3, -0.25) is 9.59 Å². The predicted octanol–water partition coefficient (Wildman–Crippen LogP) is 4.81. The summed E-state index contributed by atoms with van der Waals surface area (Å²) in [7, 11) is 1.74. The van der Waals surface area contributed by atoms with Crippen LogP contribution in [0.25, 0.3) is 20.7 Å². The van der Waals surface area contributed by atoms with Crippen LogP contribution in [0.5, 0.6) is 0 Å². The Morgan fingerprint density at radius 1 is 0.962 bits per heavy atom. The molecule has 0 saturated carbocycles. The number of fused-ring (bicyclic) bond motifs is 1. The first-order valence-electron chi connectivity index (χ1n) is 8.35. The molecule has 0 fully saturated rings. The van der Waals surface area contributed by atoms with Crippen LogP contribution in [0.3, 0.4) is 0 Å². The van der Waals surface area contributed by atoms with Gasteiger partial charge >= 0.3 is 0 Å². The number of hydrogen-bond acceptors (Lipinski definition) is 3. The van der Waals surface area contributed by atoms with E-state index in [4.69, 9.17) is 0 Å². The van der Waals surface area contributed by atoms with Crippen molar-refractivity contribution >= 4 is 27.3 Å². The molecule has 0 N–H and O–H groups in total. The summed E-state index contributed by atoms with van der Waals surface area (Å²) in [5, 5.41) is 0. The number of aromatic nitrogens is 1.